The van der Waals surface area contributed by atoms with Gasteiger partial charge in [-0.3, -0.25) is 4.90 Å². The maximum atomic E-state index is 9.58. The van der Waals surface area contributed by atoms with Crippen LogP contribution >= 0.6 is 0 Å². The summed E-state index contributed by atoms with van der Waals surface area (Å²) in [4.78, 5) is 6.80. The molecule has 0 atom stereocenters. The highest BCUT2D eigenvalue weighted by Gasteiger charge is 2.16. The Kier molecular flexibility index (Phi) is 6.26. The summed E-state index contributed by atoms with van der Waals surface area (Å²) in [6.07, 6.45) is 1.63. The van der Waals surface area contributed by atoms with Gasteiger partial charge in [0.1, 0.15) is 0 Å². The van der Waals surface area contributed by atoms with Crippen LogP contribution in [0.4, 0.5) is 5.69 Å². The van der Waals surface area contributed by atoms with Gasteiger partial charge in [-0.1, -0.05) is 42.0 Å². The molecule has 1 fully saturated rings. The number of likely N-dealkylation sites (tertiary alicyclic amines) is 1. The average molecular weight is 352 g/mol. The number of guanidine groups is 1. The van der Waals surface area contributed by atoms with Crippen molar-refractivity contribution < 1.29 is 5.11 Å². The number of aliphatic imine (C=N–C) groups is 1. The fourth-order valence-electron chi connectivity index (χ4n) is 3.09. The molecule has 0 bridgehead atoms. The van der Waals surface area contributed by atoms with Gasteiger partial charge in [0.15, 0.2) is 5.96 Å². The Morgan fingerprint density at radius 3 is 2.35 bits per heavy atom. The molecule has 2 aromatic rings. The van der Waals surface area contributed by atoms with Crippen molar-refractivity contribution in [3.8, 4) is 0 Å². The molecule has 0 unspecified atom stereocenters. The number of nitrogens with zero attached hydrogens (tertiary/aromatic N) is 2. The van der Waals surface area contributed by atoms with Crippen LogP contribution in [0, 0.1) is 6.92 Å². The summed E-state index contributed by atoms with van der Waals surface area (Å²) in [5.74, 6) is 0.421. The van der Waals surface area contributed by atoms with E-state index in [1.54, 1.807) is 0 Å². The predicted octanol–water partition coefficient (Wildman–Crippen LogP) is 2.88. The molecule has 26 heavy (non-hydrogen) atoms. The molecular formula is C21H28N4O. The number of rotatable bonds is 5. The van der Waals surface area contributed by atoms with E-state index in [0.717, 1.165) is 43.7 Å². The third kappa shape index (κ3) is 5.58. The Morgan fingerprint density at radius 2 is 1.69 bits per heavy atom. The minimum absolute atomic E-state index is 0.120. The number of piperidine rings is 1. The summed E-state index contributed by atoms with van der Waals surface area (Å²) in [5, 5.41) is 12.7. The van der Waals surface area contributed by atoms with E-state index >= 15 is 0 Å². The van der Waals surface area contributed by atoms with E-state index in [1.807, 2.05) is 24.3 Å². The summed E-state index contributed by atoms with van der Waals surface area (Å²) in [7, 11) is 0. The second kappa shape index (κ2) is 8.83. The summed E-state index contributed by atoms with van der Waals surface area (Å²) >= 11 is 0. The molecule has 1 heterocycles. The van der Waals surface area contributed by atoms with Crippen molar-refractivity contribution in [2.45, 2.75) is 39.0 Å². The van der Waals surface area contributed by atoms with Crippen molar-refractivity contribution in [3.63, 3.8) is 0 Å². The highest BCUT2D eigenvalue weighted by molar-refractivity contribution is 5.92. The SMILES string of the molecule is Cc1ccc(NC(N)=NCc2ccc(CN3CCC(O)CC3)cc2)cc1. The van der Waals surface area contributed by atoms with E-state index < -0.39 is 0 Å². The number of aryl methyl sites for hydroxylation is 1. The first-order chi connectivity index (χ1) is 12.6. The summed E-state index contributed by atoms with van der Waals surface area (Å²) in [6.45, 7) is 5.48. The quantitative estimate of drug-likeness (QED) is 0.571. The lowest BCUT2D eigenvalue weighted by atomic mass is 10.1. The molecule has 0 spiro atoms. The van der Waals surface area contributed by atoms with Crippen LogP contribution in [0.2, 0.25) is 0 Å². The highest BCUT2D eigenvalue weighted by atomic mass is 16.3. The largest absolute Gasteiger partial charge is 0.393 e. The van der Waals surface area contributed by atoms with Crippen molar-refractivity contribution >= 4 is 11.6 Å². The predicted molar refractivity (Wildman–Crippen MR) is 107 cm³/mol. The molecule has 1 saturated heterocycles. The van der Waals surface area contributed by atoms with Crippen molar-refractivity contribution in [2.24, 2.45) is 10.7 Å². The summed E-state index contributed by atoms with van der Waals surface area (Å²) < 4.78 is 0. The van der Waals surface area contributed by atoms with Gasteiger partial charge in [0.2, 0.25) is 0 Å². The monoisotopic (exact) mass is 352 g/mol. The molecule has 0 saturated carbocycles. The second-order valence-electron chi connectivity index (χ2n) is 7.02. The Balaban J connectivity index is 1.49. The molecule has 5 heteroatoms. The van der Waals surface area contributed by atoms with Crippen LogP contribution in [0.3, 0.4) is 0 Å². The number of benzene rings is 2. The lowest BCUT2D eigenvalue weighted by Gasteiger charge is -2.29. The van der Waals surface area contributed by atoms with Gasteiger partial charge >= 0.3 is 0 Å². The Morgan fingerprint density at radius 1 is 1.08 bits per heavy atom. The van der Waals surface area contributed by atoms with Crippen LogP contribution in [-0.4, -0.2) is 35.2 Å². The molecule has 0 amide bonds. The molecule has 1 aliphatic heterocycles. The number of nitrogens with two attached hydrogens (primary N) is 1. The molecule has 2 aromatic carbocycles. The minimum Gasteiger partial charge on any atom is -0.393 e. The lowest BCUT2D eigenvalue weighted by Crippen LogP contribution is -2.35. The molecule has 3 rings (SSSR count). The van der Waals surface area contributed by atoms with Gasteiger partial charge in [-0.2, -0.15) is 0 Å². The first kappa shape index (κ1) is 18.4. The first-order valence-electron chi connectivity index (χ1n) is 9.20. The number of nitrogens with one attached hydrogen (secondary N) is 1. The number of aliphatic hydroxyl groups is 1. The van der Waals surface area contributed by atoms with E-state index in [0.29, 0.717) is 12.5 Å². The van der Waals surface area contributed by atoms with Crippen LogP contribution in [0.25, 0.3) is 0 Å². The standard InChI is InChI=1S/C21H28N4O/c1-16-2-8-19(9-3-16)24-21(22)23-14-17-4-6-18(7-5-17)15-25-12-10-20(26)11-13-25/h2-9,20,26H,10-15H2,1H3,(H3,22,23,24). The zero-order valence-corrected chi connectivity index (χ0v) is 15.4. The second-order valence-corrected chi connectivity index (χ2v) is 7.02. The van der Waals surface area contributed by atoms with Crippen LogP contribution in [0.15, 0.2) is 53.5 Å². The number of anilines is 1. The number of hydrogen-bond donors (Lipinski definition) is 3. The molecule has 5 nitrogen and oxygen atoms in total. The minimum atomic E-state index is -0.120. The van der Waals surface area contributed by atoms with E-state index in [-0.39, 0.29) is 6.10 Å². The van der Waals surface area contributed by atoms with Crippen LogP contribution in [0.1, 0.15) is 29.5 Å². The normalized spacial score (nSPS) is 16.6. The molecule has 0 aliphatic carbocycles. The van der Waals surface area contributed by atoms with Crippen molar-refractivity contribution in [2.75, 3.05) is 18.4 Å². The van der Waals surface area contributed by atoms with Gasteiger partial charge < -0.3 is 16.2 Å². The van der Waals surface area contributed by atoms with Gasteiger partial charge in [0.25, 0.3) is 0 Å². The Hall–Kier alpha value is -2.37. The van der Waals surface area contributed by atoms with Gasteiger partial charge in [-0.05, 0) is 43.0 Å². The third-order valence-corrected chi connectivity index (χ3v) is 4.74. The first-order valence-corrected chi connectivity index (χ1v) is 9.20. The fraction of sp³-hybridized carbons (Fsp3) is 0.381. The average Bonchev–Trinajstić information content (AvgIpc) is 2.65. The highest BCUT2D eigenvalue weighted by Crippen LogP contribution is 2.14. The van der Waals surface area contributed by atoms with Crippen LogP contribution < -0.4 is 11.1 Å². The lowest BCUT2D eigenvalue weighted by molar-refractivity contribution is 0.0792. The van der Waals surface area contributed by atoms with E-state index in [4.69, 9.17) is 5.73 Å². The molecule has 0 radical (unpaired) electrons. The molecule has 1 aliphatic rings. The van der Waals surface area contributed by atoms with Gasteiger partial charge in [0, 0.05) is 25.3 Å². The van der Waals surface area contributed by atoms with Gasteiger partial charge in [-0.25, -0.2) is 4.99 Å². The molecule has 0 aromatic heterocycles. The van der Waals surface area contributed by atoms with Crippen LogP contribution in [-0.2, 0) is 13.1 Å². The molecule has 4 N–H and O–H groups in total. The maximum Gasteiger partial charge on any atom is 0.193 e. The molecule has 138 valence electrons. The smallest absolute Gasteiger partial charge is 0.193 e. The topological polar surface area (TPSA) is 73.9 Å². The number of aliphatic hydroxyl groups excluding tert-OH is 1. The summed E-state index contributed by atoms with van der Waals surface area (Å²) in [5.41, 5.74) is 10.6. The Bertz CT molecular complexity index is 717. The Labute approximate surface area is 155 Å². The summed E-state index contributed by atoms with van der Waals surface area (Å²) in [6, 6.07) is 16.6. The van der Waals surface area contributed by atoms with Crippen molar-refractivity contribution in [3.05, 3.63) is 65.2 Å². The van der Waals surface area contributed by atoms with E-state index in [1.165, 1.54) is 11.1 Å². The van der Waals surface area contributed by atoms with Gasteiger partial charge in [0.05, 0.1) is 12.6 Å². The van der Waals surface area contributed by atoms with Gasteiger partial charge in [-0.15, -0.1) is 0 Å². The zero-order chi connectivity index (χ0) is 18.4. The zero-order valence-electron chi connectivity index (χ0n) is 15.4. The van der Waals surface area contributed by atoms with Crippen LogP contribution in [0.5, 0.6) is 0 Å². The van der Waals surface area contributed by atoms with E-state index in [9.17, 15) is 5.11 Å². The van der Waals surface area contributed by atoms with Crippen molar-refractivity contribution in [1.82, 2.24) is 4.90 Å². The third-order valence-electron chi connectivity index (χ3n) is 4.74. The van der Waals surface area contributed by atoms with E-state index in [2.05, 4.69) is 46.4 Å². The fourth-order valence-corrected chi connectivity index (χ4v) is 3.09. The number of hydrogen-bond acceptors (Lipinski definition) is 3. The molecular weight excluding hydrogens is 324 g/mol. The van der Waals surface area contributed by atoms with Crippen molar-refractivity contribution in [1.29, 1.82) is 0 Å². The maximum absolute atomic E-state index is 9.58.